The fourth-order valence-corrected chi connectivity index (χ4v) is 3.43. The van der Waals surface area contributed by atoms with Crippen LogP contribution in [0.4, 0.5) is 0 Å². The standard InChI is InChI=1S/C17H21ClN4O2/c1-21-11-19-20-17(21)12-4-3-7-22(10-12)16(23)9-13-8-14(18)5-6-15(13)24-2/h5-6,8,11-12H,3-4,7,9-10H2,1-2H3/t12-/m1/s1. The van der Waals surface area contributed by atoms with E-state index in [-0.39, 0.29) is 18.2 Å². The highest BCUT2D eigenvalue weighted by atomic mass is 35.5. The van der Waals surface area contributed by atoms with Gasteiger partial charge in [0.25, 0.3) is 0 Å². The smallest absolute Gasteiger partial charge is 0.227 e. The number of benzene rings is 1. The summed E-state index contributed by atoms with van der Waals surface area (Å²) in [5.74, 6) is 1.95. The first kappa shape index (κ1) is 16.8. The molecule has 0 aliphatic carbocycles. The van der Waals surface area contributed by atoms with Gasteiger partial charge in [-0.3, -0.25) is 4.79 Å². The van der Waals surface area contributed by atoms with Crippen molar-refractivity contribution < 1.29 is 9.53 Å². The Hall–Kier alpha value is -2.08. The van der Waals surface area contributed by atoms with Gasteiger partial charge in [-0.2, -0.15) is 0 Å². The van der Waals surface area contributed by atoms with Crippen LogP contribution < -0.4 is 4.74 Å². The molecule has 1 aliphatic rings. The lowest BCUT2D eigenvalue weighted by molar-refractivity contribution is -0.131. The summed E-state index contributed by atoms with van der Waals surface area (Å²) in [7, 11) is 3.54. The van der Waals surface area contributed by atoms with Gasteiger partial charge < -0.3 is 14.2 Å². The first-order chi connectivity index (χ1) is 11.6. The Kier molecular flexibility index (Phi) is 5.04. The van der Waals surface area contributed by atoms with E-state index < -0.39 is 0 Å². The lowest BCUT2D eigenvalue weighted by Gasteiger charge is -2.32. The number of likely N-dealkylation sites (tertiary alicyclic amines) is 1. The van der Waals surface area contributed by atoms with Crippen LogP contribution in [0.25, 0.3) is 0 Å². The maximum absolute atomic E-state index is 12.7. The second-order valence-corrected chi connectivity index (χ2v) is 6.55. The molecule has 0 unspecified atom stereocenters. The topological polar surface area (TPSA) is 60.2 Å². The quantitative estimate of drug-likeness (QED) is 0.851. The molecule has 1 aromatic carbocycles. The van der Waals surface area contributed by atoms with Gasteiger partial charge in [-0.15, -0.1) is 10.2 Å². The average Bonchev–Trinajstić information content (AvgIpc) is 3.01. The SMILES string of the molecule is COc1ccc(Cl)cc1CC(=O)N1CCC[C@@H](c2nncn2C)C1. The number of ether oxygens (including phenoxy) is 1. The molecule has 2 heterocycles. The maximum Gasteiger partial charge on any atom is 0.227 e. The summed E-state index contributed by atoms with van der Waals surface area (Å²) >= 11 is 6.05. The largest absolute Gasteiger partial charge is 0.496 e. The molecule has 1 fully saturated rings. The predicted octanol–water partition coefficient (Wildman–Crippen LogP) is 2.43. The second-order valence-electron chi connectivity index (χ2n) is 6.11. The van der Waals surface area contributed by atoms with Gasteiger partial charge in [-0.1, -0.05) is 11.6 Å². The molecule has 24 heavy (non-hydrogen) atoms. The minimum Gasteiger partial charge on any atom is -0.496 e. The van der Waals surface area contributed by atoms with Crippen molar-refractivity contribution in [3.8, 4) is 5.75 Å². The predicted molar refractivity (Wildman–Crippen MR) is 91.3 cm³/mol. The van der Waals surface area contributed by atoms with E-state index in [0.29, 0.717) is 17.3 Å². The number of nitrogens with zero attached hydrogens (tertiary/aromatic N) is 4. The van der Waals surface area contributed by atoms with E-state index in [1.165, 1.54) is 0 Å². The molecule has 6 nitrogen and oxygen atoms in total. The van der Waals surface area contributed by atoms with E-state index in [2.05, 4.69) is 10.2 Å². The van der Waals surface area contributed by atoms with Crippen LogP contribution in [0.5, 0.6) is 5.75 Å². The summed E-state index contributed by atoms with van der Waals surface area (Å²) in [6, 6.07) is 5.35. The van der Waals surface area contributed by atoms with Crippen molar-refractivity contribution in [2.75, 3.05) is 20.2 Å². The number of piperidine rings is 1. The molecule has 0 N–H and O–H groups in total. The van der Waals surface area contributed by atoms with Gasteiger partial charge in [0, 0.05) is 36.6 Å². The van der Waals surface area contributed by atoms with Gasteiger partial charge in [0.1, 0.15) is 17.9 Å². The molecule has 7 heteroatoms. The molecule has 128 valence electrons. The fraction of sp³-hybridized carbons (Fsp3) is 0.471. The van der Waals surface area contributed by atoms with Crippen molar-refractivity contribution >= 4 is 17.5 Å². The van der Waals surface area contributed by atoms with E-state index in [0.717, 1.165) is 30.8 Å². The van der Waals surface area contributed by atoms with E-state index in [4.69, 9.17) is 16.3 Å². The number of aromatic nitrogens is 3. The third kappa shape index (κ3) is 3.53. The number of halogens is 1. The molecule has 1 aromatic heterocycles. The number of hydrogen-bond donors (Lipinski definition) is 0. The van der Waals surface area contributed by atoms with Crippen molar-refractivity contribution in [1.82, 2.24) is 19.7 Å². The Bertz CT molecular complexity index is 731. The van der Waals surface area contributed by atoms with Crippen molar-refractivity contribution in [2.45, 2.75) is 25.2 Å². The molecular weight excluding hydrogens is 328 g/mol. The van der Waals surface area contributed by atoms with Crippen LogP contribution in [0.15, 0.2) is 24.5 Å². The summed E-state index contributed by atoms with van der Waals surface area (Å²) < 4.78 is 7.26. The zero-order chi connectivity index (χ0) is 17.1. The molecule has 2 aromatic rings. The van der Waals surface area contributed by atoms with Gasteiger partial charge in [-0.05, 0) is 31.0 Å². The lowest BCUT2D eigenvalue weighted by Crippen LogP contribution is -2.40. The van der Waals surface area contributed by atoms with Crippen molar-refractivity contribution in [3.63, 3.8) is 0 Å². The van der Waals surface area contributed by atoms with Crippen LogP contribution in [0.3, 0.4) is 0 Å². The minimum absolute atomic E-state index is 0.0856. The van der Waals surface area contributed by atoms with Crippen LogP contribution in [-0.4, -0.2) is 45.8 Å². The number of methoxy groups -OCH3 is 1. The summed E-state index contributed by atoms with van der Waals surface area (Å²) in [6.45, 7) is 1.45. The van der Waals surface area contributed by atoms with Gasteiger partial charge in [0.2, 0.25) is 5.91 Å². The second kappa shape index (κ2) is 7.21. The number of amides is 1. The number of carbonyl (C=O) groups is 1. The number of hydrogen-bond acceptors (Lipinski definition) is 4. The molecular formula is C17H21ClN4O2. The highest BCUT2D eigenvalue weighted by Crippen LogP contribution is 2.27. The maximum atomic E-state index is 12.7. The van der Waals surface area contributed by atoms with Gasteiger partial charge in [0.15, 0.2) is 0 Å². The Morgan fingerprint density at radius 2 is 2.29 bits per heavy atom. The molecule has 3 rings (SSSR count). The van der Waals surface area contributed by atoms with E-state index in [1.807, 2.05) is 16.5 Å². The molecule has 0 bridgehead atoms. The van der Waals surface area contributed by atoms with Crippen molar-refractivity contribution in [1.29, 1.82) is 0 Å². The van der Waals surface area contributed by atoms with E-state index in [9.17, 15) is 4.79 Å². The molecule has 0 spiro atoms. The number of rotatable bonds is 4. The highest BCUT2D eigenvalue weighted by molar-refractivity contribution is 6.30. The first-order valence-corrected chi connectivity index (χ1v) is 8.40. The molecule has 1 amide bonds. The zero-order valence-electron chi connectivity index (χ0n) is 13.9. The van der Waals surface area contributed by atoms with Crippen LogP contribution in [0, 0.1) is 0 Å². The molecule has 1 atom stereocenters. The summed E-state index contributed by atoms with van der Waals surface area (Å²) in [5.41, 5.74) is 0.816. The third-order valence-electron chi connectivity index (χ3n) is 4.47. The van der Waals surface area contributed by atoms with Crippen molar-refractivity contribution in [2.24, 2.45) is 7.05 Å². The first-order valence-electron chi connectivity index (χ1n) is 8.02. The van der Waals surface area contributed by atoms with E-state index in [1.54, 1.807) is 31.6 Å². The van der Waals surface area contributed by atoms with Crippen LogP contribution in [0.1, 0.15) is 30.1 Å². The lowest BCUT2D eigenvalue weighted by atomic mass is 9.96. The molecule has 0 radical (unpaired) electrons. The number of carbonyl (C=O) groups excluding carboxylic acids is 1. The van der Waals surface area contributed by atoms with Crippen molar-refractivity contribution in [3.05, 3.63) is 40.9 Å². The van der Waals surface area contributed by atoms with Crippen LogP contribution in [0.2, 0.25) is 5.02 Å². The normalized spacial score (nSPS) is 17.8. The summed E-state index contributed by atoms with van der Waals surface area (Å²) in [5, 5.41) is 8.74. The zero-order valence-corrected chi connectivity index (χ0v) is 14.7. The van der Waals surface area contributed by atoms with E-state index >= 15 is 0 Å². The van der Waals surface area contributed by atoms with Crippen LogP contribution in [-0.2, 0) is 18.3 Å². The van der Waals surface area contributed by atoms with Gasteiger partial charge in [-0.25, -0.2) is 0 Å². The Morgan fingerprint density at radius 1 is 1.46 bits per heavy atom. The third-order valence-corrected chi connectivity index (χ3v) is 4.70. The Balaban J connectivity index is 1.71. The molecule has 1 aliphatic heterocycles. The van der Waals surface area contributed by atoms with Gasteiger partial charge in [0.05, 0.1) is 13.5 Å². The monoisotopic (exact) mass is 348 g/mol. The highest BCUT2D eigenvalue weighted by Gasteiger charge is 2.27. The Morgan fingerprint density at radius 3 is 3.00 bits per heavy atom. The van der Waals surface area contributed by atoms with Gasteiger partial charge >= 0.3 is 0 Å². The average molecular weight is 349 g/mol. The summed E-state index contributed by atoms with van der Waals surface area (Å²) in [4.78, 5) is 14.6. The Labute approximate surface area is 146 Å². The molecule has 0 saturated carbocycles. The minimum atomic E-state index is 0.0856. The number of aryl methyl sites for hydroxylation is 1. The fourth-order valence-electron chi connectivity index (χ4n) is 3.24. The molecule has 1 saturated heterocycles. The van der Waals surface area contributed by atoms with Crippen LogP contribution >= 0.6 is 11.6 Å². The summed E-state index contributed by atoms with van der Waals surface area (Å²) in [6.07, 6.45) is 3.98.